The van der Waals surface area contributed by atoms with E-state index >= 15 is 0 Å². The number of hydrogen-bond donors (Lipinski definition) is 1. The molecule has 0 saturated heterocycles. The maximum absolute atomic E-state index is 5.96. The van der Waals surface area contributed by atoms with Crippen molar-refractivity contribution in [2.75, 3.05) is 20.6 Å². The number of aromatic nitrogens is 1. The van der Waals surface area contributed by atoms with Crippen LogP contribution in [0.5, 0.6) is 5.75 Å². The Hall–Kier alpha value is -1.17. The van der Waals surface area contributed by atoms with E-state index in [1.807, 2.05) is 27.0 Å². The molecular formula is C17H29N3O2. The van der Waals surface area contributed by atoms with E-state index < -0.39 is 5.79 Å². The van der Waals surface area contributed by atoms with Crippen LogP contribution in [0.25, 0.3) is 0 Å². The zero-order valence-electron chi connectivity index (χ0n) is 14.9. The minimum Gasteiger partial charge on any atom is -0.461 e. The van der Waals surface area contributed by atoms with Gasteiger partial charge in [-0.05, 0) is 40.4 Å². The number of fused-ring (bicyclic) bond motifs is 1. The summed E-state index contributed by atoms with van der Waals surface area (Å²) in [5, 5.41) is 3.52. The summed E-state index contributed by atoms with van der Waals surface area (Å²) in [6.07, 6.45) is 1.93. The first-order valence-electron chi connectivity index (χ1n) is 7.81. The second-order valence-corrected chi connectivity index (χ2v) is 7.28. The number of likely N-dealkylation sites (N-methyl/N-ethyl adjacent to an activating group) is 1. The van der Waals surface area contributed by atoms with Gasteiger partial charge in [-0.15, -0.1) is 0 Å². The first-order valence-corrected chi connectivity index (χ1v) is 7.81. The highest BCUT2D eigenvalue weighted by Crippen LogP contribution is 2.35. The second kappa shape index (κ2) is 6.14. The van der Waals surface area contributed by atoms with Gasteiger partial charge in [0.15, 0.2) is 0 Å². The van der Waals surface area contributed by atoms with Gasteiger partial charge in [0.2, 0.25) is 5.79 Å². The third-order valence-corrected chi connectivity index (χ3v) is 4.40. The Morgan fingerprint density at radius 1 is 1.36 bits per heavy atom. The van der Waals surface area contributed by atoms with Crippen LogP contribution < -0.4 is 10.1 Å². The molecule has 0 atom stereocenters. The first-order chi connectivity index (χ1) is 10.1. The molecule has 22 heavy (non-hydrogen) atoms. The monoisotopic (exact) mass is 307 g/mol. The number of nitrogens with zero attached hydrogens (tertiary/aromatic N) is 2. The standard InChI is InChI=1S/C17H29N3O2/c1-12-15-14(10-21-17(4,5)22-15)13(9-19-12)8-18-11-16(2,3)20(6)7/h9,18H,8,10-11H2,1-7H3. The summed E-state index contributed by atoms with van der Waals surface area (Å²) in [5.74, 6) is 0.292. The molecule has 0 bridgehead atoms. The van der Waals surface area contributed by atoms with Gasteiger partial charge in [-0.1, -0.05) is 0 Å². The maximum Gasteiger partial charge on any atom is 0.205 e. The molecule has 5 heteroatoms. The molecule has 0 unspecified atom stereocenters. The van der Waals surface area contributed by atoms with E-state index in [1.54, 1.807) is 0 Å². The molecule has 124 valence electrons. The van der Waals surface area contributed by atoms with E-state index in [9.17, 15) is 0 Å². The van der Waals surface area contributed by atoms with Gasteiger partial charge in [0.05, 0.1) is 12.3 Å². The third kappa shape index (κ3) is 3.77. The fraction of sp³-hybridized carbons (Fsp3) is 0.706. The average molecular weight is 307 g/mol. The zero-order chi connectivity index (χ0) is 16.5. The Bertz CT molecular complexity index is 539. The highest BCUT2D eigenvalue weighted by atomic mass is 16.7. The summed E-state index contributed by atoms with van der Waals surface area (Å²) in [4.78, 5) is 6.70. The lowest BCUT2D eigenvalue weighted by molar-refractivity contribution is -0.180. The van der Waals surface area contributed by atoms with Gasteiger partial charge in [-0.2, -0.15) is 0 Å². The van der Waals surface area contributed by atoms with Gasteiger partial charge in [0, 0.05) is 44.2 Å². The van der Waals surface area contributed by atoms with Gasteiger partial charge >= 0.3 is 0 Å². The molecule has 0 saturated carbocycles. The van der Waals surface area contributed by atoms with Crippen LogP contribution in [0.15, 0.2) is 6.20 Å². The molecule has 0 radical (unpaired) electrons. The molecule has 0 spiro atoms. The quantitative estimate of drug-likeness (QED) is 0.905. The molecule has 1 aromatic rings. The third-order valence-electron chi connectivity index (χ3n) is 4.40. The Kier molecular flexibility index (Phi) is 4.80. The highest BCUT2D eigenvalue weighted by molar-refractivity contribution is 5.42. The normalized spacial score (nSPS) is 17.3. The van der Waals surface area contributed by atoms with Crippen molar-refractivity contribution in [3.05, 3.63) is 23.0 Å². The fourth-order valence-electron chi connectivity index (χ4n) is 2.30. The largest absolute Gasteiger partial charge is 0.461 e. The lowest BCUT2D eigenvalue weighted by Gasteiger charge is -2.35. The van der Waals surface area contributed by atoms with E-state index in [0.717, 1.165) is 35.7 Å². The predicted molar refractivity (Wildman–Crippen MR) is 87.9 cm³/mol. The maximum atomic E-state index is 5.96. The molecule has 0 aromatic carbocycles. The molecular weight excluding hydrogens is 278 g/mol. The molecule has 1 aliphatic rings. The molecule has 1 N–H and O–H groups in total. The fourth-order valence-corrected chi connectivity index (χ4v) is 2.30. The number of nitrogens with one attached hydrogen (secondary N) is 1. The molecule has 2 heterocycles. The summed E-state index contributed by atoms with van der Waals surface area (Å²) < 4.78 is 11.7. The minimum absolute atomic E-state index is 0.104. The van der Waals surface area contributed by atoms with Crippen molar-refractivity contribution in [3.8, 4) is 5.75 Å². The van der Waals surface area contributed by atoms with Crippen molar-refractivity contribution in [2.45, 2.75) is 59.1 Å². The van der Waals surface area contributed by atoms with Crippen molar-refractivity contribution in [2.24, 2.45) is 0 Å². The van der Waals surface area contributed by atoms with E-state index in [-0.39, 0.29) is 5.54 Å². The average Bonchev–Trinajstić information content (AvgIpc) is 2.40. The highest BCUT2D eigenvalue weighted by Gasteiger charge is 2.30. The smallest absolute Gasteiger partial charge is 0.205 e. The van der Waals surface area contributed by atoms with Crippen LogP contribution in [-0.4, -0.2) is 41.9 Å². The van der Waals surface area contributed by atoms with Gasteiger partial charge in [-0.25, -0.2) is 0 Å². The van der Waals surface area contributed by atoms with Crippen molar-refractivity contribution < 1.29 is 9.47 Å². The lowest BCUT2D eigenvalue weighted by atomic mass is 10.0. The number of ether oxygens (including phenoxy) is 2. The molecule has 0 aliphatic carbocycles. The number of hydrogen-bond acceptors (Lipinski definition) is 5. The van der Waals surface area contributed by atoms with Crippen LogP contribution in [-0.2, 0) is 17.9 Å². The molecule has 1 aliphatic heterocycles. The number of aryl methyl sites for hydroxylation is 1. The van der Waals surface area contributed by atoms with Crippen molar-refractivity contribution in [1.82, 2.24) is 15.2 Å². The summed E-state index contributed by atoms with van der Waals surface area (Å²) in [5.41, 5.74) is 3.28. The Morgan fingerprint density at radius 3 is 2.68 bits per heavy atom. The van der Waals surface area contributed by atoms with E-state index in [4.69, 9.17) is 9.47 Å². The molecule has 2 rings (SSSR count). The second-order valence-electron chi connectivity index (χ2n) is 7.28. The van der Waals surface area contributed by atoms with Crippen LogP contribution in [0.1, 0.15) is 44.5 Å². The summed E-state index contributed by atoms with van der Waals surface area (Å²) in [6.45, 7) is 12.5. The predicted octanol–water partition coefficient (Wildman–Crippen LogP) is 2.46. The summed E-state index contributed by atoms with van der Waals surface area (Å²) in [7, 11) is 4.20. The van der Waals surface area contributed by atoms with Crippen LogP contribution in [0.4, 0.5) is 0 Å². The SMILES string of the molecule is Cc1ncc(CNCC(C)(C)N(C)C)c2c1OC(C)(C)OC2. The Balaban J connectivity index is 2.11. The molecule has 1 aromatic heterocycles. The van der Waals surface area contributed by atoms with Crippen molar-refractivity contribution in [3.63, 3.8) is 0 Å². The van der Waals surface area contributed by atoms with Crippen molar-refractivity contribution in [1.29, 1.82) is 0 Å². The van der Waals surface area contributed by atoms with Gasteiger partial charge < -0.3 is 19.7 Å². The number of pyridine rings is 1. The summed E-state index contributed by atoms with van der Waals surface area (Å²) >= 11 is 0. The lowest BCUT2D eigenvalue weighted by Crippen LogP contribution is -2.46. The van der Waals surface area contributed by atoms with Gasteiger partial charge in [-0.3, -0.25) is 4.98 Å². The molecule has 5 nitrogen and oxygen atoms in total. The topological polar surface area (TPSA) is 46.6 Å². The van der Waals surface area contributed by atoms with Gasteiger partial charge in [0.1, 0.15) is 5.75 Å². The summed E-state index contributed by atoms with van der Waals surface area (Å²) in [6, 6.07) is 0. The van der Waals surface area contributed by atoms with E-state index in [1.165, 1.54) is 0 Å². The van der Waals surface area contributed by atoms with Crippen LogP contribution in [0.2, 0.25) is 0 Å². The van der Waals surface area contributed by atoms with Crippen molar-refractivity contribution >= 4 is 0 Å². The zero-order valence-corrected chi connectivity index (χ0v) is 14.9. The Morgan fingerprint density at radius 2 is 2.05 bits per heavy atom. The van der Waals surface area contributed by atoms with E-state index in [2.05, 4.69) is 43.1 Å². The van der Waals surface area contributed by atoms with Gasteiger partial charge in [0.25, 0.3) is 0 Å². The number of rotatable bonds is 5. The van der Waals surface area contributed by atoms with E-state index in [0.29, 0.717) is 6.61 Å². The first kappa shape index (κ1) is 17.2. The van der Waals surface area contributed by atoms with Crippen LogP contribution in [0.3, 0.4) is 0 Å². The molecule has 0 fully saturated rings. The van der Waals surface area contributed by atoms with Crippen LogP contribution in [0, 0.1) is 6.92 Å². The molecule has 0 amide bonds. The Labute approximate surface area is 134 Å². The van der Waals surface area contributed by atoms with Crippen LogP contribution >= 0.6 is 0 Å². The minimum atomic E-state index is -0.585.